The van der Waals surface area contributed by atoms with Crippen molar-refractivity contribution < 1.29 is 4.57 Å². The zero-order chi connectivity index (χ0) is 22.4. The Balaban J connectivity index is 2.07. The SMILES string of the molecule is Cc1cc(C)c(C)c(-c2c3ncn(-c4c(C(C)C)cccc4C(C)C)c3cc[n+]2C)c1. The standard InChI is InChI=1S/C28H34N3/c1-17(2)22-10-9-11-23(18(3)4)27(22)31-16-29-26-25(31)12-13-30(8)28(26)24-15-19(5)14-20(6)21(24)7/h9-18H,1-8H3/q+1. The van der Waals surface area contributed by atoms with E-state index in [1.165, 1.54) is 44.8 Å². The van der Waals surface area contributed by atoms with Crippen LogP contribution in [0, 0.1) is 20.8 Å². The molecule has 0 fully saturated rings. The molecule has 0 spiro atoms. The van der Waals surface area contributed by atoms with Gasteiger partial charge >= 0.3 is 0 Å². The molecule has 0 N–H and O–H groups in total. The van der Waals surface area contributed by atoms with Crippen LogP contribution in [0.1, 0.15) is 67.3 Å². The molecular formula is C28H34N3+. The third-order valence-electron chi connectivity index (χ3n) is 6.49. The lowest BCUT2D eigenvalue weighted by atomic mass is 9.92. The number of imidazole rings is 1. The summed E-state index contributed by atoms with van der Waals surface area (Å²) in [4.78, 5) is 4.98. The van der Waals surface area contributed by atoms with Gasteiger partial charge in [-0.2, -0.15) is 4.57 Å². The van der Waals surface area contributed by atoms with Crippen molar-refractivity contribution in [3.05, 3.63) is 76.7 Å². The molecular weight excluding hydrogens is 378 g/mol. The van der Waals surface area contributed by atoms with Gasteiger partial charge in [-0.3, -0.25) is 4.57 Å². The van der Waals surface area contributed by atoms with Gasteiger partial charge in [0.25, 0.3) is 0 Å². The Hall–Kier alpha value is -2.94. The monoisotopic (exact) mass is 412 g/mol. The Bertz CT molecular complexity index is 1250. The van der Waals surface area contributed by atoms with Gasteiger partial charge in [0.2, 0.25) is 5.69 Å². The van der Waals surface area contributed by atoms with E-state index in [1.807, 2.05) is 6.33 Å². The van der Waals surface area contributed by atoms with E-state index in [2.05, 4.69) is 107 Å². The number of benzene rings is 2. The summed E-state index contributed by atoms with van der Waals surface area (Å²) < 4.78 is 4.51. The van der Waals surface area contributed by atoms with E-state index in [0.717, 1.165) is 11.0 Å². The Morgan fingerprint density at radius 2 is 1.55 bits per heavy atom. The molecule has 0 saturated carbocycles. The molecule has 160 valence electrons. The number of rotatable bonds is 4. The third-order valence-corrected chi connectivity index (χ3v) is 6.49. The fraction of sp³-hybridized carbons (Fsp3) is 0.357. The molecule has 0 aliphatic rings. The van der Waals surface area contributed by atoms with E-state index in [9.17, 15) is 0 Å². The van der Waals surface area contributed by atoms with Gasteiger partial charge in [-0.05, 0) is 60.9 Å². The van der Waals surface area contributed by atoms with Crippen LogP contribution in [0.5, 0.6) is 0 Å². The average molecular weight is 413 g/mol. The normalized spacial score (nSPS) is 11.8. The Morgan fingerprint density at radius 3 is 2.16 bits per heavy atom. The highest BCUT2D eigenvalue weighted by molar-refractivity contribution is 5.90. The second kappa shape index (κ2) is 7.96. The second-order valence-corrected chi connectivity index (χ2v) is 9.47. The fourth-order valence-electron chi connectivity index (χ4n) is 4.69. The predicted octanol–water partition coefficient (Wildman–Crippen LogP) is 6.69. The van der Waals surface area contributed by atoms with Crippen LogP contribution >= 0.6 is 0 Å². The minimum absolute atomic E-state index is 0.437. The summed E-state index contributed by atoms with van der Waals surface area (Å²) in [5.74, 6) is 0.874. The molecule has 0 atom stereocenters. The van der Waals surface area contributed by atoms with Gasteiger partial charge in [0, 0.05) is 6.07 Å². The largest absolute Gasteiger partial charge is 0.298 e. The zero-order valence-electron chi connectivity index (χ0n) is 20.1. The molecule has 0 aliphatic carbocycles. The fourth-order valence-corrected chi connectivity index (χ4v) is 4.69. The van der Waals surface area contributed by atoms with Crippen molar-refractivity contribution in [3.63, 3.8) is 0 Å². The van der Waals surface area contributed by atoms with Crippen molar-refractivity contribution in [2.45, 2.75) is 60.3 Å². The maximum Gasteiger partial charge on any atom is 0.240 e. The van der Waals surface area contributed by atoms with Crippen LogP contribution in [0.15, 0.2) is 48.9 Å². The molecule has 0 unspecified atom stereocenters. The molecule has 0 saturated heterocycles. The van der Waals surface area contributed by atoms with E-state index >= 15 is 0 Å². The molecule has 0 aliphatic heterocycles. The number of hydrogen-bond donors (Lipinski definition) is 0. The van der Waals surface area contributed by atoms with Crippen molar-refractivity contribution in [2.75, 3.05) is 0 Å². The number of nitrogens with zero attached hydrogens (tertiary/aromatic N) is 3. The third kappa shape index (κ3) is 3.56. The van der Waals surface area contributed by atoms with Crippen LogP contribution in [-0.2, 0) is 7.05 Å². The number of pyridine rings is 1. The maximum atomic E-state index is 4.98. The van der Waals surface area contributed by atoms with Gasteiger partial charge in [-0.15, -0.1) is 0 Å². The maximum absolute atomic E-state index is 4.98. The lowest BCUT2D eigenvalue weighted by Gasteiger charge is -2.20. The smallest absolute Gasteiger partial charge is 0.240 e. The van der Waals surface area contributed by atoms with E-state index < -0.39 is 0 Å². The van der Waals surface area contributed by atoms with Gasteiger partial charge in [-0.25, -0.2) is 4.98 Å². The van der Waals surface area contributed by atoms with Crippen LogP contribution < -0.4 is 4.57 Å². The quantitative estimate of drug-likeness (QED) is 0.342. The Labute approximate surface area is 186 Å². The van der Waals surface area contributed by atoms with Crippen molar-refractivity contribution >= 4 is 11.0 Å². The highest BCUT2D eigenvalue weighted by Crippen LogP contribution is 2.35. The van der Waals surface area contributed by atoms with Gasteiger partial charge in [0.15, 0.2) is 11.7 Å². The molecule has 0 radical (unpaired) electrons. The van der Waals surface area contributed by atoms with Crippen molar-refractivity contribution in [3.8, 4) is 16.9 Å². The molecule has 31 heavy (non-hydrogen) atoms. The summed E-state index contributed by atoms with van der Waals surface area (Å²) >= 11 is 0. The van der Waals surface area contributed by atoms with Gasteiger partial charge < -0.3 is 0 Å². The van der Waals surface area contributed by atoms with Crippen LogP contribution in [-0.4, -0.2) is 9.55 Å². The van der Waals surface area contributed by atoms with Crippen molar-refractivity contribution in [2.24, 2.45) is 7.05 Å². The molecule has 4 rings (SSSR count). The molecule has 3 nitrogen and oxygen atoms in total. The summed E-state index contributed by atoms with van der Waals surface area (Å²) in [6.07, 6.45) is 4.18. The molecule has 2 aromatic carbocycles. The lowest BCUT2D eigenvalue weighted by molar-refractivity contribution is -0.659. The number of aryl methyl sites for hydroxylation is 3. The number of aromatic nitrogens is 3. The first kappa shape index (κ1) is 21.3. The summed E-state index contributed by atoms with van der Waals surface area (Å²) in [5.41, 5.74) is 12.6. The van der Waals surface area contributed by atoms with E-state index in [1.54, 1.807) is 0 Å². The van der Waals surface area contributed by atoms with Crippen LogP contribution in [0.4, 0.5) is 0 Å². The number of fused-ring (bicyclic) bond motifs is 1. The second-order valence-electron chi connectivity index (χ2n) is 9.47. The number of para-hydroxylation sites is 1. The lowest BCUT2D eigenvalue weighted by Crippen LogP contribution is -2.31. The molecule has 0 bridgehead atoms. The first-order valence-electron chi connectivity index (χ1n) is 11.3. The summed E-state index contributed by atoms with van der Waals surface area (Å²) in [5, 5.41) is 0. The van der Waals surface area contributed by atoms with E-state index in [-0.39, 0.29) is 0 Å². The predicted molar refractivity (Wildman–Crippen MR) is 130 cm³/mol. The van der Waals surface area contributed by atoms with Crippen molar-refractivity contribution in [1.82, 2.24) is 9.55 Å². The Morgan fingerprint density at radius 1 is 0.903 bits per heavy atom. The van der Waals surface area contributed by atoms with Gasteiger partial charge in [0.05, 0.1) is 16.8 Å². The first-order chi connectivity index (χ1) is 14.7. The van der Waals surface area contributed by atoms with Gasteiger partial charge in [0.1, 0.15) is 13.4 Å². The number of hydrogen-bond acceptors (Lipinski definition) is 1. The zero-order valence-corrected chi connectivity index (χ0v) is 20.1. The van der Waals surface area contributed by atoms with E-state index in [0.29, 0.717) is 11.8 Å². The van der Waals surface area contributed by atoms with Gasteiger partial charge in [-0.1, -0.05) is 57.5 Å². The van der Waals surface area contributed by atoms with Crippen LogP contribution in [0.25, 0.3) is 28.0 Å². The first-order valence-corrected chi connectivity index (χ1v) is 11.3. The highest BCUT2D eigenvalue weighted by Gasteiger charge is 2.24. The molecule has 3 heteroatoms. The van der Waals surface area contributed by atoms with Crippen LogP contribution in [0.3, 0.4) is 0 Å². The minimum atomic E-state index is 0.437. The summed E-state index contributed by atoms with van der Waals surface area (Å²) in [6, 6.07) is 13.5. The van der Waals surface area contributed by atoms with Crippen LogP contribution in [0.2, 0.25) is 0 Å². The van der Waals surface area contributed by atoms with Crippen molar-refractivity contribution in [1.29, 1.82) is 0 Å². The summed E-state index contributed by atoms with van der Waals surface area (Å²) in [7, 11) is 2.12. The minimum Gasteiger partial charge on any atom is -0.298 e. The molecule has 2 aromatic heterocycles. The topological polar surface area (TPSA) is 21.7 Å². The summed E-state index contributed by atoms with van der Waals surface area (Å²) in [6.45, 7) is 15.7. The van der Waals surface area contributed by atoms with E-state index in [4.69, 9.17) is 4.98 Å². The molecule has 2 heterocycles. The molecule has 4 aromatic rings. The average Bonchev–Trinajstić information content (AvgIpc) is 3.13. The highest BCUT2D eigenvalue weighted by atomic mass is 15.1. The molecule has 0 amide bonds. The Kier molecular flexibility index (Phi) is 5.47.